The van der Waals surface area contributed by atoms with E-state index >= 15 is 0 Å². The summed E-state index contributed by atoms with van der Waals surface area (Å²) in [7, 11) is 4.70. The SMILES string of the molecule is COc1cc(Nc2nccn3c(-c4ccc(O)cc4)cnc23)cc(OC)c1OC. The van der Waals surface area contributed by atoms with Crippen LogP contribution in [0.25, 0.3) is 16.9 Å². The number of ether oxygens (including phenoxy) is 3. The fourth-order valence-corrected chi connectivity index (χ4v) is 3.14. The minimum Gasteiger partial charge on any atom is -0.508 e. The molecule has 2 aromatic carbocycles. The Morgan fingerprint density at radius 2 is 1.62 bits per heavy atom. The lowest BCUT2D eigenvalue weighted by Gasteiger charge is -2.15. The van der Waals surface area contributed by atoms with Crippen molar-refractivity contribution in [1.82, 2.24) is 14.4 Å². The molecule has 2 aromatic heterocycles. The first-order chi connectivity index (χ1) is 14.1. The van der Waals surface area contributed by atoms with Gasteiger partial charge in [-0.3, -0.25) is 4.40 Å². The predicted molar refractivity (Wildman–Crippen MR) is 109 cm³/mol. The van der Waals surface area contributed by atoms with Crippen LogP contribution in [0.15, 0.2) is 55.0 Å². The molecule has 0 fully saturated rings. The van der Waals surface area contributed by atoms with Crippen LogP contribution in [0.3, 0.4) is 0 Å². The zero-order chi connectivity index (χ0) is 20.4. The molecular formula is C21H20N4O4. The molecule has 8 nitrogen and oxygen atoms in total. The third kappa shape index (κ3) is 3.36. The third-order valence-electron chi connectivity index (χ3n) is 4.52. The first-order valence-corrected chi connectivity index (χ1v) is 8.83. The second-order valence-electron chi connectivity index (χ2n) is 6.20. The number of nitrogens with zero attached hydrogens (tertiary/aromatic N) is 3. The van der Waals surface area contributed by atoms with Gasteiger partial charge in [-0.1, -0.05) is 0 Å². The smallest absolute Gasteiger partial charge is 0.203 e. The van der Waals surface area contributed by atoms with E-state index in [1.54, 1.807) is 58.0 Å². The molecule has 0 aliphatic rings. The van der Waals surface area contributed by atoms with Gasteiger partial charge >= 0.3 is 0 Å². The van der Waals surface area contributed by atoms with Crippen LogP contribution in [0.1, 0.15) is 0 Å². The molecule has 0 radical (unpaired) electrons. The van der Waals surface area contributed by atoms with E-state index in [1.807, 2.05) is 22.7 Å². The zero-order valence-corrected chi connectivity index (χ0v) is 16.2. The number of benzene rings is 2. The summed E-state index contributed by atoms with van der Waals surface area (Å²) < 4.78 is 18.1. The largest absolute Gasteiger partial charge is 0.508 e. The van der Waals surface area contributed by atoms with E-state index in [2.05, 4.69) is 15.3 Å². The van der Waals surface area contributed by atoms with E-state index < -0.39 is 0 Å². The summed E-state index contributed by atoms with van der Waals surface area (Å²) in [5, 5.41) is 12.8. The van der Waals surface area contributed by atoms with Gasteiger partial charge in [0.15, 0.2) is 23.0 Å². The first-order valence-electron chi connectivity index (χ1n) is 8.83. The number of rotatable bonds is 6. The Morgan fingerprint density at radius 3 is 2.24 bits per heavy atom. The molecule has 4 rings (SSSR count). The van der Waals surface area contributed by atoms with Gasteiger partial charge in [0.05, 0.1) is 33.2 Å². The number of methoxy groups -OCH3 is 3. The van der Waals surface area contributed by atoms with Crippen LogP contribution in [0.5, 0.6) is 23.0 Å². The molecule has 8 heteroatoms. The molecule has 0 amide bonds. The Hall–Kier alpha value is -3.94. The molecule has 0 saturated heterocycles. The minimum absolute atomic E-state index is 0.217. The first kappa shape index (κ1) is 18.4. The number of hydrogen-bond donors (Lipinski definition) is 2. The van der Waals surface area contributed by atoms with E-state index in [1.165, 1.54) is 0 Å². The van der Waals surface area contributed by atoms with E-state index in [0.717, 1.165) is 11.3 Å². The lowest BCUT2D eigenvalue weighted by Crippen LogP contribution is -2.01. The van der Waals surface area contributed by atoms with E-state index in [4.69, 9.17) is 14.2 Å². The quantitative estimate of drug-likeness (QED) is 0.515. The summed E-state index contributed by atoms with van der Waals surface area (Å²) in [6.07, 6.45) is 5.30. The van der Waals surface area contributed by atoms with Gasteiger partial charge in [0.2, 0.25) is 5.75 Å². The van der Waals surface area contributed by atoms with Crippen molar-refractivity contribution in [3.8, 4) is 34.3 Å². The van der Waals surface area contributed by atoms with Gasteiger partial charge in [0.25, 0.3) is 0 Å². The van der Waals surface area contributed by atoms with E-state index in [9.17, 15) is 5.11 Å². The minimum atomic E-state index is 0.217. The molecule has 0 saturated carbocycles. The fourth-order valence-electron chi connectivity index (χ4n) is 3.14. The molecule has 2 N–H and O–H groups in total. The van der Waals surface area contributed by atoms with Crippen LogP contribution in [0.2, 0.25) is 0 Å². The van der Waals surface area contributed by atoms with Crippen LogP contribution in [0, 0.1) is 0 Å². The highest BCUT2D eigenvalue weighted by atomic mass is 16.5. The number of aromatic hydroxyl groups is 1. The maximum atomic E-state index is 9.53. The monoisotopic (exact) mass is 392 g/mol. The molecule has 148 valence electrons. The van der Waals surface area contributed by atoms with Crippen molar-refractivity contribution in [3.63, 3.8) is 0 Å². The molecule has 0 bridgehead atoms. The molecule has 0 unspecified atom stereocenters. The van der Waals surface area contributed by atoms with Gasteiger partial charge in [-0.25, -0.2) is 9.97 Å². The fraction of sp³-hybridized carbons (Fsp3) is 0.143. The molecule has 2 heterocycles. The Morgan fingerprint density at radius 1 is 0.931 bits per heavy atom. The third-order valence-corrected chi connectivity index (χ3v) is 4.52. The van der Waals surface area contributed by atoms with Crippen molar-refractivity contribution in [3.05, 3.63) is 55.0 Å². The lowest BCUT2D eigenvalue weighted by atomic mass is 10.1. The Kier molecular flexibility index (Phi) is 4.82. The highest BCUT2D eigenvalue weighted by Crippen LogP contribution is 2.40. The van der Waals surface area contributed by atoms with Crippen LogP contribution in [0.4, 0.5) is 11.5 Å². The highest BCUT2D eigenvalue weighted by Gasteiger charge is 2.15. The van der Waals surface area contributed by atoms with Gasteiger partial charge in [-0.05, 0) is 24.3 Å². The Labute approximate surface area is 167 Å². The average molecular weight is 392 g/mol. The summed E-state index contributed by atoms with van der Waals surface area (Å²) in [4.78, 5) is 8.95. The number of aromatic nitrogens is 3. The van der Waals surface area contributed by atoms with Gasteiger partial charge in [-0.2, -0.15) is 0 Å². The van der Waals surface area contributed by atoms with Crippen molar-refractivity contribution < 1.29 is 19.3 Å². The van der Waals surface area contributed by atoms with Gasteiger partial charge in [0.1, 0.15) is 5.75 Å². The second-order valence-corrected chi connectivity index (χ2v) is 6.20. The van der Waals surface area contributed by atoms with Crippen molar-refractivity contribution in [2.75, 3.05) is 26.6 Å². The molecule has 4 aromatic rings. The van der Waals surface area contributed by atoms with Gasteiger partial charge in [-0.15, -0.1) is 0 Å². The van der Waals surface area contributed by atoms with Crippen molar-refractivity contribution >= 4 is 17.2 Å². The molecular weight excluding hydrogens is 372 g/mol. The van der Waals surface area contributed by atoms with Crippen LogP contribution < -0.4 is 19.5 Å². The normalized spacial score (nSPS) is 10.7. The lowest BCUT2D eigenvalue weighted by molar-refractivity contribution is 0.324. The standard InChI is InChI=1S/C21H20N4O4/c1-27-17-10-14(11-18(28-2)19(17)29-3)24-20-21-23-12-16(25(21)9-8-22-20)13-4-6-15(26)7-5-13/h4-12,26H,1-3H3,(H,22,24). The zero-order valence-electron chi connectivity index (χ0n) is 16.2. The number of phenols is 1. The molecule has 0 aliphatic carbocycles. The summed E-state index contributed by atoms with van der Waals surface area (Å²) in [5.41, 5.74) is 3.19. The average Bonchev–Trinajstić information content (AvgIpc) is 3.18. The molecule has 29 heavy (non-hydrogen) atoms. The number of anilines is 2. The predicted octanol–water partition coefficient (Wildman–Crippen LogP) is 3.87. The number of hydrogen-bond acceptors (Lipinski definition) is 7. The van der Waals surface area contributed by atoms with Crippen molar-refractivity contribution in [2.45, 2.75) is 0 Å². The number of nitrogens with one attached hydrogen (secondary N) is 1. The maximum Gasteiger partial charge on any atom is 0.203 e. The highest BCUT2D eigenvalue weighted by molar-refractivity contribution is 5.76. The van der Waals surface area contributed by atoms with Gasteiger partial charge < -0.3 is 24.6 Å². The van der Waals surface area contributed by atoms with Crippen LogP contribution in [-0.2, 0) is 0 Å². The van der Waals surface area contributed by atoms with Crippen LogP contribution in [-0.4, -0.2) is 40.8 Å². The van der Waals surface area contributed by atoms with Crippen molar-refractivity contribution in [1.29, 1.82) is 0 Å². The number of fused-ring (bicyclic) bond motifs is 1. The Balaban J connectivity index is 1.75. The van der Waals surface area contributed by atoms with Gasteiger partial charge in [0, 0.05) is 35.8 Å². The summed E-state index contributed by atoms with van der Waals surface area (Å²) >= 11 is 0. The Bertz CT molecular complexity index is 1130. The number of imidazole rings is 1. The van der Waals surface area contributed by atoms with E-state index in [0.29, 0.717) is 34.4 Å². The summed E-state index contributed by atoms with van der Waals surface area (Å²) in [6, 6.07) is 10.6. The van der Waals surface area contributed by atoms with E-state index in [-0.39, 0.29) is 5.75 Å². The van der Waals surface area contributed by atoms with Crippen molar-refractivity contribution in [2.24, 2.45) is 0 Å². The molecule has 0 aliphatic heterocycles. The number of phenolic OH excluding ortho intramolecular Hbond substituents is 1. The maximum absolute atomic E-state index is 9.53. The molecule has 0 atom stereocenters. The van der Waals surface area contributed by atoms with Crippen LogP contribution >= 0.6 is 0 Å². The topological polar surface area (TPSA) is 90.1 Å². The summed E-state index contributed by atoms with van der Waals surface area (Å²) in [5.74, 6) is 2.38. The summed E-state index contributed by atoms with van der Waals surface area (Å²) in [6.45, 7) is 0. The molecule has 0 spiro atoms. The second kappa shape index (κ2) is 7.59.